The van der Waals surface area contributed by atoms with E-state index in [4.69, 9.17) is 0 Å². The van der Waals surface area contributed by atoms with E-state index in [1.807, 2.05) is 36.4 Å². The minimum absolute atomic E-state index is 0.0126. The van der Waals surface area contributed by atoms with Gasteiger partial charge in [-0.25, -0.2) is 0 Å². The summed E-state index contributed by atoms with van der Waals surface area (Å²) in [7, 11) is 0. The predicted octanol–water partition coefficient (Wildman–Crippen LogP) is 3.59. The summed E-state index contributed by atoms with van der Waals surface area (Å²) in [6.45, 7) is 3.45. The molecule has 2 heterocycles. The Morgan fingerprint density at radius 3 is 1.18 bits per heavy atom. The van der Waals surface area contributed by atoms with Crippen LogP contribution in [0.4, 0.5) is 0 Å². The molecule has 4 fully saturated rings. The second-order valence-electron chi connectivity index (χ2n) is 14.4. The SMILES string of the molecule is CC(=O)[C@@H]1CN(C(=O)c2ccc(C(=O)N3C[C@@H](C(=O)N[C@H]4C[C@@H]4c4ccccc4)[C@H](C(=O)N[C@H]4C[C@@H]4c4ccccc4)C3)cc2)C[C@H]1C(C)=O. The average Bonchev–Trinajstić information content (AvgIpc) is 3.96. The standard InChI is InChI=1S/C40H42N4O6/c1-23(45)31-19-43(20-32(31)24(2)46)39(49)27-13-15-28(16-14-27)40(50)44-21-33(37(47)41-35-17-29(35)25-9-5-3-6-10-25)34(22-44)38(48)42-36-18-30(36)26-11-7-4-8-12-26/h3-16,29-36H,17-22H2,1-2H3,(H,41,47)(H,42,48)/t29-,30-,31+,32+,33-,34-,35+,36+/m1/s1. The molecule has 0 aromatic heterocycles. The number of carbonyl (C=O) groups is 6. The second kappa shape index (κ2) is 13.7. The zero-order valence-corrected chi connectivity index (χ0v) is 28.3. The number of Topliss-reactive ketones (excluding diaryl/α,β-unsaturated/α-hetero) is 2. The molecule has 2 N–H and O–H groups in total. The van der Waals surface area contributed by atoms with Crippen LogP contribution in [0, 0.1) is 23.7 Å². The van der Waals surface area contributed by atoms with Gasteiger partial charge in [0.2, 0.25) is 11.8 Å². The molecule has 7 rings (SSSR count). The van der Waals surface area contributed by atoms with Gasteiger partial charge in [0.05, 0.1) is 11.8 Å². The molecule has 0 radical (unpaired) electrons. The van der Waals surface area contributed by atoms with Gasteiger partial charge in [0.1, 0.15) is 11.6 Å². The summed E-state index contributed by atoms with van der Waals surface area (Å²) in [5.41, 5.74) is 3.02. The molecule has 4 aliphatic rings. The molecule has 2 saturated carbocycles. The van der Waals surface area contributed by atoms with E-state index in [1.54, 1.807) is 29.2 Å². The third-order valence-electron chi connectivity index (χ3n) is 11.0. The van der Waals surface area contributed by atoms with Gasteiger partial charge >= 0.3 is 0 Å². The quantitative estimate of drug-likeness (QED) is 0.338. The van der Waals surface area contributed by atoms with Crippen LogP contribution in [0.2, 0.25) is 0 Å². The molecular formula is C40H42N4O6. The summed E-state index contributed by atoms with van der Waals surface area (Å²) < 4.78 is 0. The largest absolute Gasteiger partial charge is 0.352 e. The summed E-state index contributed by atoms with van der Waals surface area (Å²) in [5.74, 6) is -3.30. The topological polar surface area (TPSA) is 133 Å². The van der Waals surface area contributed by atoms with Crippen molar-refractivity contribution in [1.82, 2.24) is 20.4 Å². The van der Waals surface area contributed by atoms with Crippen LogP contribution in [-0.2, 0) is 19.2 Å². The number of benzene rings is 3. The molecule has 0 spiro atoms. The summed E-state index contributed by atoms with van der Waals surface area (Å²) in [6.07, 6.45) is 1.66. The number of ketones is 2. The van der Waals surface area contributed by atoms with Crippen LogP contribution >= 0.6 is 0 Å². The second-order valence-corrected chi connectivity index (χ2v) is 14.4. The van der Waals surface area contributed by atoms with E-state index in [0.29, 0.717) is 11.1 Å². The van der Waals surface area contributed by atoms with E-state index >= 15 is 0 Å². The number of amides is 4. The molecule has 3 aromatic rings. The highest BCUT2D eigenvalue weighted by Crippen LogP contribution is 2.42. The van der Waals surface area contributed by atoms with E-state index in [-0.39, 0.29) is 85.3 Å². The molecular weight excluding hydrogens is 632 g/mol. The van der Waals surface area contributed by atoms with Gasteiger partial charge in [-0.15, -0.1) is 0 Å². The Kier molecular flexibility index (Phi) is 9.11. The minimum Gasteiger partial charge on any atom is -0.352 e. The lowest BCUT2D eigenvalue weighted by atomic mass is 9.90. The van der Waals surface area contributed by atoms with Crippen molar-refractivity contribution < 1.29 is 28.8 Å². The molecule has 2 aliphatic carbocycles. The lowest BCUT2D eigenvalue weighted by Gasteiger charge is -2.18. The van der Waals surface area contributed by atoms with Gasteiger partial charge in [-0.2, -0.15) is 0 Å². The minimum atomic E-state index is -0.704. The summed E-state index contributed by atoms with van der Waals surface area (Å²) in [6, 6.07) is 26.3. The Morgan fingerprint density at radius 1 is 0.500 bits per heavy atom. The molecule has 3 aromatic carbocycles. The maximum atomic E-state index is 13.8. The van der Waals surface area contributed by atoms with Crippen molar-refractivity contribution in [2.45, 2.75) is 50.6 Å². The number of nitrogens with one attached hydrogen (secondary N) is 2. The van der Waals surface area contributed by atoms with Gasteiger partial charge in [-0.3, -0.25) is 28.8 Å². The van der Waals surface area contributed by atoms with Crippen LogP contribution in [0.3, 0.4) is 0 Å². The van der Waals surface area contributed by atoms with Gasteiger partial charge in [0.15, 0.2) is 0 Å². The zero-order chi connectivity index (χ0) is 35.1. The first kappa shape index (κ1) is 33.4. The molecule has 8 atom stereocenters. The highest BCUT2D eigenvalue weighted by Gasteiger charge is 2.49. The van der Waals surface area contributed by atoms with E-state index in [9.17, 15) is 28.8 Å². The maximum absolute atomic E-state index is 13.8. The van der Waals surface area contributed by atoms with Gasteiger partial charge in [-0.05, 0) is 62.1 Å². The van der Waals surface area contributed by atoms with Crippen LogP contribution < -0.4 is 10.6 Å². The first-order valence-corrected chi connectivity index (χ1v) is 17.5. The maximum Gasteiger partial charge on any atom is 0.253 e. The van der Waals surface area contributed by atoms with Crippen molar-refractivity contribution in [3.63, 3.8) is 0 Å². The highest BCUT2D eigenvalue weighted by molar-refractivity contribution is 6.00. The molecule has 2 saturated heterocycles. The summed E-state index contributed by atoms with van der Waals surface area (Å²) in [5, 5.41) is 6.32. The Balaban J connectivity index is 1.03. The lowest BCUT2D eigenvalue weighted by Crippen LogP contribution is -2.43. The van der Waals surface area contributed by atoms with E-state index in [1.165, 1.54) is 29.9 Å². The van der Waals surface area contributed by atoms with Gasteiger partial charge < -0.3 is 20.4 Å². The fraction of sp³-hybridized carbons (Fsp3) is 0.400. The first-order chi connectivity index (χ1) is 24.1. The number of nitrogens with zero attached hydrogens (tertiary/aromatic N) is 2. The molecule has 10 nitrogen and oxygen atoms in total. The van der Waals surface area contributed by atoms with Crippen LogP contribution in [0.1, 0.15) is 70.4 Å². The van der Waals surface area contributed by atoms with Crippen LogP contribution in [0.5, 0.6) is 0 Å². The zero-order valence-electron chi connectivity index (χ0n) is 28.3. The predicted molar refractivity (Wildman–Crippen MR) is 185 cm³/mol. The normalized spacial score (nSPS) is 28.1. The molecule has 0 bridgehead atoms. The monoisotopic (exact) mass is 674 g/mol. The van der Waals surface area contributed by atoms with E-state index < -0.39 is 23.7 Å². The third-order valence-corrected chi connectivity index (χ3v) is 11.0. The molecule has 0 unspecified atom stereocenters. The fourth-order valence-electron chi connectivity index (χ4n) is 7.84. The molecule has 258 valence electrons. The van der Waals surface area contributed by atoms with Crippen LogP contribution in [0.25, 0.3) is 0 Å². The van der Waals surface area contributed by atoms with Crippen LogP contribution in [0.15, 0.2) is 84.9 Å². The van der Waals surface area contributed by atoms with Crippen molar-refractivity contribution in [2.24, 2.45) is 23.7 Å². The Labute approximate surface area is 291 Å². The number of likely N-dealkylation sites (tertiary alicyclic amines) is 2. The lowest BCUT2D eigenvalue weighted by molar-refractivity contribution is -0.133. The number of carbonyl (C=O) groups excluding carboxylic acids is 6. The van der Waals surface area contributed by atoms with Crippen molar-refractivity contribution in [3.05, 3.63) is 107 Å². The summed E-state index contributed by atoms with van der Waals surface area (Å²) >= 11 is 0. The van der Waals surface area contributed by atoms with Gasteiger partial charge in [0, 0.05) is 73.1 Å². The number of rotatable bonds is 10. The van der Waals surface area contributed by atoms with Crippen molar-refractivity contribution in [1.29, 1.82) is 0 Å². The first-order valence-electron chi connectivity index (χ1n) is 17.5. The molecule has 4 amide bonds. The number of hydrogen-bond acceptors (Lipinski definition) is 6. The van der Waals surface area contributed by atoms with Gasteiger partial charge in [-0.1, -0.05) is 60.7 Å². The van der Waals surface area contributed by atoms with Crippen molar-refractivity contribution >= 4 is 35.2 Å². The number of hydrogen-bond donors (Lipinski definition) is 2. The fourth-order valence-corrected chi connectivity index (χ4v) is 7.84. The van der Waals surface area contributed by atoms with E-state index in [2.05, 4.69) is 34.9 Å². The van der Waals surface area contributed by atoms with Gasteiger partial charge in [0.25, 0.3) is 11.8 Å². The molecule has 2 aliphatic heterocycles. The smallest absolute Gasteiger partial charge is 0.253 e. The van der Waals surface area contributed by atoms with E-state index in [0.717, 1.165) is 12.8 Å². The van der Waals surface area contributed by atoms with Crippen LogP contribution in [-0.4, -0.2) is 83.3 Å². The highest BCUT2D eigenvalue weighted by atomic mass is 16.2. The average molecular weight is 675 g/mol. The summed E-state index contributed by atoms with van der Waals surface area (Å²) in [4.78, 5) is 81.9. The Hall–Kier alpha value is -5.12. The third kappa shape index (κ3) is 6.84. The van der Waals surface area contributed by atoms with Crippen molar-refractivity contribution in [2.75, 3.05) is 26.2 Å². The molecule has 10 heteroatoms. The molecule has 50 heavy (non-hydrogen) atoms. The Bertz CT molecular complexity index is 1710. The van der Waals surface area contributed by atoms with Crippen molar-refractivity contribution in [3.8, 4) is 0 Å². The Morgan fingerprint density at radius 2 is 0.840 bits per heavy atom.